The molecule has 3 nitrogen and oxygen atoms in total. The van der Waals surface area contributed by atoms with Gasteiger partial charge in [0.05, 0.1) is 5.56 Å². The number of carbonyl (C=O) groups excluding carboxylic acids is 1. The van der Waals surface area contributed by atoms with Crippen LogP contribution in [0.3, 0.4) is 0 Å². The van der Waals surface area contributed by atoms with Crippen LogP contribution in [0, 0.1) is 0 Å². The molecule has 116 valence electrons. The number of hydrogen-bond donors (Lipinski definition) is 1. The lowest BCUT2D eigenvalue weighted by molar-refractivity contribution is -0.136. The minimum absolute atomic E-state index is 0.0110. The average Bonchev–Trinajstić information content (AvgIpc) is 2.40. The Balaban J connectivity index is 2.31. The van der Waals surface area contributed by atoms with E-state index in [2.05, 4.69) is 0 Å². The highest BCUT2D eigenvalue weighted by molar-refractivity contribution is 8.00. The summed E-state index contributed by atoms with van der Waals surface area (Å²) in [5.74, 6) is 0.415. The van der Waals surface area contributed by atoms with Gasteiger partial charge in [-0.05, 0) is 25.1 Å². The van der Waals surface area contributed by atoms with Gasteiger partial charge in [-0.3, -0.25) is 4.79 Å². The van der Waals surface area contributed by atoms with Crippen LogP contribution in [0.1, 0.15) is 29.8 Å². The number of alkyl halides is 3. The first-order valence-electron chi connectivity index (χ1n) is 6.61. The molecule has 1 saturated heterocycles. The Kier molecular flexibility index (Phi) is 4.41. The number of thioether (sulfide) groups is 1. The monoisotopic (exact) mass is 318 g/mol. The Morgan fingerprint density at radius 3 is 2.67 bits per heavy atom. The van der Waals surface area contributed by atoms with Crippen LogP contribution in [0.2, 0.25) is 0 Å². The van der Waals surface area contributed by atoms with Crippen LogP contribution in [0.4, 0.5) is 18.9 Å². The van der Waals surface area contributed by atoms with Crippen molar-refractivity contribution in [2.24, 2.45) is 0 Å². The minimum Gasteiger partial charge on any atom is -0.398 e. The molecular weight excluding hydrogens is 301 g/mol. The zero-order valence-corrected chi connectivity index (χ0v) is 12.6. The van der Waals surface area contributed by atoms with E-state index in [1.165, 1.54) is 6.07 Å². The van der Waals surface area contributed by atoms with Crippen molar-refractivity contribution in [3.05, 3.63) is 29.3 Å². The van der Waals surface area contributed by atoms with Crippen LogP contribution in [-0.2, 0) is 6.18 Å². The third-order valence-electron chi connectivity index (χ3n) is 3.75. The summed E-state index contributed by atoms with van der Waals surface area (Å²) in [6, 6.07) is 3.33. The van der Waals surface area contributed by atoms with Crippen molar-refractivity contribution in [3.63, 3.8) is 0 Å². The van der Waals surface area contributed by atoms with Gasteiger partial charge in [-0.1, -0.05) is 6.92 Å². The number of anilines is 1. The summed E-state index contributed by atoms with van der Waals surface area (Å²) < 4.78 is 38.6. The first-order chi connectivity index (χ1) is 9.71. The number of carbonyl (C=O) groups is 1. The molecule has 1 fully saturated rings. The maximum atomic E-state index is 12.9. The van der Waals surface area contributed by atoms with Gasteiger partial charge in [-0.2, -0.15) is 24.9 Å². The van der Waals surface area contributed by atoms with E-state index in [-0.39, 0.29) is 28.4 Å². The molecule has 2 N–H and O–H groups in total. The Hall–Kier alpha value is -1.37. The molecule has 2 rings (SSSR count). The first-order valence-corrected chi connectivity index (χ1v) is 7.66. The fraction of sp³-hybridized carbons (Fsp3) is 0.500. The second-order valence-corrected chi connectivity index (χ2v) is 6.60. The summed E-state index contributed by atoms with van der Waals surface area (Å²) in [6.45, 7) is 4.47. The molecule has 2 atom stereocenters. The molecule has 2 unspecified atom stereocenters. The van der Waals surface area contributed by atoms with Crippen LogP contribution < -0.4 is 5.73 Å². The standard InChI is InChI=1S/C14H17F3N2OS/c1-8-9(2)21-6-5-19(8)13(20)10-3-4-12(18)11(7-10)14(15,16)17/h3-4,7-9H,5-6,18H2,1-2H3. The van der Waals surface area contributed by atoms with Gasteiger partial charge in [-0.15, -0.1) is 0 Å². The molecule has 0 saturated carbocycles. The molecule has 21 heavy (non-hydrogen) atoms. The second kappa shape index (κ2) is 5.79. The molecule has 1 amide bonds. The molecule has 1 aliphatic rings. The highest BCUT2D eigenvalue weighted by atomic mass is 32.2. The van der Waals surface area contributed by atoms with Crippen molar-refractivity contribution in [1.29, 1.82) is 0 Å². The molecule has 0 spiro atoms. The maximum Gasteiger partial charge on any atom is 0.418 e. The third-order valence-corrected chi connectivity index (χ3v) is 5.09. The number of halogens is 3. The van der Waals surface area contributed by atoms with E-state index in [9.17, 15) is 18.0 Å². The Bertz CT molecular complexity index is 548. The van der Waals surface area contributed by atoms with Crippen LogP contribution in [0.5, 0.6) is 0 Å². The van der Waals surface area contributed by atoms with Gasteiger partial charge in [0.25, 0.3) is 5.91 Å². The van der Waals surface area contributed by atoms with Gasteiger partial charge in [0.2, 0.25) is 0 Å². The van der Waals surface area contributed by atoms with Crippen molar-refractivity contribution in [1.82, 2.24) is 4.90 Å². The van der Waals surface area contributed by atoms with Crippen LogP contribution >= 0.6 is 11.8 Å². The quantitative estimate of drug-likeness (QED) is 0.809. The van der Waals surface area contributed by atoms with E-state index in [0.29, 0.717) is 6.54 Å². The summed E-state index contributed by atoms with van der Waals surface area (Å²) in [6.07, 6.45) is -4.56. The van der Waals surface area contributed by atoms with Gasteiger partial charge in [0.15, 0.2) is 0 Å². The summed E-state index contributed by atoms with van der Waals surface area (Å²) in [7, 11) is 0. The smallest absolute Gasteiger partial charge is 0.398 e. The molecule has 0 aliphatic carbocycles. The largest absolute Gasteiger partial charge is 0.418 e. The fourth-order valence-electron chi connectivity index (χ4n) is 2.32. The normalized spacial score (nSPS) is 23.2. The molecule has 1 aliphatic heterocycles. The topological polar surface area (TPSA) is 46.3 Å². The van der Waals surface area contributed by atoms with E-state index < -0.39 is 11.7 Å². The second-order valence-electron chi connectivity index (χ2n) is 5.11. The summed E-state index contributed by atoms with van der Waals surface area (Å²) in [5, 5.41) is 0.263. The lowest BCUT2D eigenvalue weighted by Gasteiger charge is -2.37. The van der Waals surface area contributed by atoms with E-state index in [4.69, 9.17) is 5.73 Å². The van der Waals surface area contributed by atoms with Gasteiger partial charge in [-0.25, -0.2) is 0 Å². The van der Waals surface area contributed by atoms with Crippen molar-refractivity contribution < 1.29 is 18.0 Å². The molecule has 1 heterocycles. The summed E-state index contributed by atoms with van der Waals surface area (Å²) >= 11 is 1.76. The predicted molar refractivity (Wildman–Crippen MR) is 78.3 cm³/mol. The van der Waals surface area contributed by atoms with Crippen molar-refractivity contribution in [2.45, 2.75) is 31.3 Å². The lowest BCUT2D eigenvalue weighted by Crippen LogP contribution is -2.48. The lowest BCUT2D eigenvalue weighted by atomic mass is 10.1. The van der Waals surface area contributed by atoms with E-state index >= 15 is 0 Å². The average molecular weight is 318 g/mol. The fourth-order valence-corrected chi connectivity index (χ4v) is 3.42. The first kappa shape index (κ1) is 16.0. The molecule has 1 aromatic carbocycles. The van der Waals surface area contributed by atoms with Crippen LogP contribution in [-0.4, -0.2) is 34.4 Å². The highest BCUT2D eigenvalue weighted by Crippen LogP contribution is 2.34. The maximum absolute atomic E-state index is 12.9. The number of nitrogen functional groups attached to an aromatic ring is 1. The van der Waals surface area contributed by atoms with Crippen LogP contribution in [0.25, 0.3) is 0 Å². The van der Waals surface area contributed by atoms with Crippen LogP contribution in [0.15, 0.2) is 18.2 Å². The molecule has 7 heteroatoms. The zero-order chi connectivity index (χ0) is 15.8. The molecule has 1 aromatic rings. The van der Waals surface area contributed by atoms with Gasteiger partial charge >= 0.3 is 6.18 Å². The zero-order valence-electron chi connectivity index (χ0n) is 11.8. The molecule has 0 aromatic heterocycles. The van der Waals surface area contributed by atoms with Gasteiger partial charge in [0, 0.05) is 34.8 Å². The summed E-state index contributed by atoms with van der Waals surface area (Å²) in [4.78, 5) is 14.1. The Morgan fingerprint density at radius 1 is 1.38 bits per heavy atom. The van der Waals surface area contributed by atoms with E-state index in [1.807, 2.05) is 13.8 Å². The molecule has 0 radical (unpaired) electrons. The highest BCUT2D eigenvalue weighted by Gasteiger charge is 2.35. The SMILES string of the molecule is CC1SCCN(C(=O)c2ccc(N)c(C(F)(F)F)c2)C1C. The van der Waals surface area contributed by atoms with Crippen molar-refractivity contribution in [3.8, 4) is 0 Å². The minimum atomic E-state index is -4.56. The number of benzene rings is 1. The van der Waals surface area contributed by atoms with E-state index in [1.54, 1.807) is 16.7 Å². The molecular formula is C14H17F3N2OS. The van der Waals surface area contributed by atoms with E-state index in [0.717, 1.165) is 17.9 Å². The van der Waals surface area contributed by atoms with Gasteiger partial charge < -0.3 is 10.6 Å². The third kappa shape index (κ3) is 3.28. The molecule has 0 bridgehead atoms. The predicted octanol–water partition coefficient (Wildman–Crippen LogP) is 3.25. The Morgan fingerprint density at radius 2 is 2.05 bits per heavy atom. The number of amides is 1. The number of rotatable bonds is 1. The number of nitrogens with two attached hydrogens (primary N) is 1. The van der Waals surface area contributed by atoms with Crippen molar-refractivity contribution in [2.75, 3.05) is 18.0 Å². The summed E-state index contributed by atoms with van der Waals surface area (Å²) in [5.41, 5.74) is 4.06. The Labute approximate surface area is 125 Å². The number of hydrogen-bond acceptors (Lipinski definition) is 3. The van der Waals surface area contributed by atoms with Gasteiger partial charge in [0.1, 0.15) is 0 Å². The number of nitrogens with zero attached hydrogens (tertiary/aromatic N) is 1. The van der Waals surface area contributed by atoms with Crippen molar-refractivity contribution >= 4 is 23.4 Å².